The summed E-state index contributed by atoms with van der Waals surface area (Å²) >= 11 is 1.57. The van der Waals surface area contributed by atoms with E-state index in [-0.39, 0.29) is 5.78 Å². The number of carbonyl (C=O) groups excluding carboxylic acids is 1. The molecule has 0 spiro atoms. The molecule has 3 heteroatoms. The summed E-state index contributed by atoms with van der Waals surface area (Å²) < 4.78 is 0. The summed E-state index contributed by atoms with van der Waals surface area (Å²) in [5.74, 6) is 0.195. The minimum absolute atomic E-state index is 0.195. The molecule has 0 amide bonds. The average molecular weight is 477 g/mol. The summed E-state index contributed by atoms with van der Waals surface area (Å²) in [6, 6.07) is 35.3. The molecule has 0 aliphatic carbocycles. The molecular weight excluding hydrogens is 448 g/mol. The van der Waals surface area contributed by atoms with E-state index < -0.39 is 6.10 Å². The van der Waals surface area contributed by atoms with Crippen molar-refractivity contribution in [1.29, 1.82) is 0 Å². The third kappa shape index (κ3) is 5.43. The highest BCUT2D eigenvalue weighted by Crippen LogP contribution is 2.30. The maximum Gasteiger partial charge on any atom is 0.173 e. The van der Waals surface area contributed by atoms with Gasteiger partial charge in [0.2, 0.25) is 0 Å². The van der Waals surface area contributed by atoms with Gasteiger partial charge in [0.05, 0.1) is 11.0 Å². The van der Waals surface area contributed by atoms with Crippen LogP contribution in [0.2, 0.25) is 0 Å². The van der Waals surface area contributed by atoms with Gasteiger partial charge < -0.3 is 5.11 Å². The molecule has 0 aliphatic rings. The third-order valence-electron chi connectivity index (χ3n) is 6.44. The van der Waals surface area contributed by atoms with Crippen molar-refractivity contribution in [3.63, 3.8) is 0 Å². The summed E-state index contributed by atoms with van der Waals surface area (Å²) in [5.41, 5.74) is 5.68. The smallest absolute Gasteiger partial charge is 0.173 e. The van der Waals surface area contributed by atoms with Gasteiger partial charge >= 0.3 is 0 Å². The molecule has 0 saturated carbocycles. The van der Waals surface area contributed by atoms with Crippen LogP contribution in [0.25, 0.3) is 21.2 Å². The highest BCUT2D eigenvalue weighted by Gasteiger charge is 2.12. The number of Topliss-reactive ketones (excluding diaryl/α,β-unsaturated/α-hetero) is 1. The summed E-state index contributed by atoms with van der Waals surface area (Å²) in [5, 5.41) is 12.3. The second-order valence-electron chi connectivity index (χ2n) is 9.02. The van der Waals surface area contributed by atoms with Crippen LogP contribution >= 0.6 is 11.3 Å². The Kier molecular flexibility index (Phi) is 6.89. The molecule has 0 aliphatic heterocycles. The van der Waals surface area contributed by atoms with Crippen molar-refractivity contribution in [1.82, 2.24) is 0 Å². The third-order valence-corrected chi connectivity index (χ3v) is 7.61. The van der Waals surface area contributed by atoms with Crippen LogP contribution in [-0.4, -0.2) is 10.9 Å². The Morgan fingerprint density at radius 1 is 0.829 bits per heavy atom. The lowest BCUT2D eigenvalue weighted by molar-refractivity contribution is 0.0987. The fourth-order valence-corrected chi connectivity index (χ4v) is 5.53. The molecule has 5 aromatic rings. The van der Waals surface area contributed by atoms with E-state index in [0.29, 0.717) is 6.42 Å². The number of hydrogen-bond acceptors (Lipinski definition) is 3. The van der Waals surface area contributed by atoms with Gasteiger partial charge in [-0.05, 0) is 70.5 Å². The van der Waals surface area contributed by atoms with E-state index in [2.05, 4.69) is 78.9 Å². The number of aliphatic hydroxyl groups is 1. The van der Waals surface area contributed by atoms with E-state index in [0.717, 1.165) is 33.7 Å². The fraction of sp³-hybridized carbons (Fsp3) is 0.156. The van der Waals surface area contributed by atoms with Gasteiger partial charge in [0.1, 0.15) is 0 Å². The lowest BCUT2D eigenvalue weighted by Gasteiger charge is -2.08. The van der Waals surface area contributed by atoms with Crippen LogP contribution in [-0.2, 0) is 12.8 Å². The molecule has 1 unspecified atom stereocenters. The van der Waals surface area contributed by atoms with E-state index in [1.54, 1.807) is 18.3 Å². The molecule has 1 atom stereocenters. The van der Waals surface area contributed by atoms with E-state index in [1.807, 2.05) is 24.3 Å². The van der Waals surface area contributed by atoms with Gasteiger partial charge in [0, 0.05) is 11.3 Å². The van der Waals surface area contributed by atoms with Crippen LogP contribution in [0.15, 0.2) is 103 Å². The van der Waals surface area contributed by atoms with Crippen molar-refractivity contribution in [2.45, 2.75) is 32.3 Å². The predicted molar refractivity (Wildman–Crippen MR) is 146 cm³/mol. The second-order valence-corrected chi connectivity index (χ2v) is 10.1. The Morgan fingerprint density at radius 2 is 1.57 bits per heavy atom. The van der Waals surface area contributed by atoms with Crippen molar-refractivity contribution in [2.24, 2.45) is 0 Å². The SMILES string of the molecule is CC(O)c1cccc(Cc2cccc(-c3ccc(C(=O)CCc4cccc5ccccc45)s3)c2)c1. The lowest BCUT2D eigenvalue weighted by Crippen LogP contribution is -1.99. The predicted octanol–water partition coefficient (Wildman–Crippen LogP) is 8.03. The van der Waals surface area contributed by atoms with Crippen LogP contribution in [0.5, 0.6) is 0 Å². The first-order valence-corrected chi connectivity index (χ1v) is 12.8. The van der Waals surface area contributed by atoms with E-state index in [1.165, 1.54) is 27.5 Å². The van der Waals surface area contributed by atoms with Gasteiger partial charge in [-0.1, -0.05) is 91.0 Å². The summed E-state index contributed by atoms with van der Waals surface area (Å²) in [6.45, 7) is 1.79. The number of thiophene rings is 1. The number of hydrogen-bond donors (Lipinski definition) is 1. The van der Waals surface area contributed by atoms with E-state index in [9.17, 15) is 9.90 Å². The second kappa shape index (κ2) is 10.4. The molecule has 0 radical (unpaired) electrons. The summed E-state index contributed by atoms with van der Waals surface area (Å²) in [7, 11) is 0. The molecule has 35 heavy (non-hydrogen) atoms. The number of fused-ring (bicyclic) bond motifs is 1. The minimum Gasteiger partial charge on any atom is -0.389 e. The zero-order valence-corrected chi connectivity index (χ0v) is 20.6. The molecule has 1 aromatic heterocycles. The number of benzene rings is 4. The summed E-state index contributed by atoms with van der Waals surface area (Å²) in [6.07, 6.45) is 1.59. The summed E-state index contributed by atoms with van der Waals surface area (Å²) in [4.78, 5) is 14.9. The molecule has 0 fully saturated rings. The van der Waals surface area contributed by atoms with Crippen molar-refractivity contribution < 1.29 is 9.90 Å². The lowest BCUT2D eigenvalue weighted by atomic mass is 9.99. The molecule has 174 valence electrons. The van der Waals surface area contributed by atoms with E-state index >= 15 is 0 Å². The number of aryl methyl sites for hydroxylation is 1. The zero-order valence-electron chi connectivity index (χ0n) is 19.8. The zero-order chi connectivity index (χ0) is 24.2. The van der Waals surface area contributed by atoms with Gasteiger partial charge in [0.25, 0.3) is 0 Å². The number of rotatable bonds is 8. The van der Waals surface area contributed by atoms with Crippen LogP contribution < -0.4 is 0 Å². The first-order chi connectivity index (χ1) is 17.1. The highest BCUT2D eigenvalue weighted by molar-refractivity contribution is 7.17. The number of ketones is 1. The molecular formula is C32H28O2S. The van der Waals surface area contributed by atoms with Crippen molar-refractivity contribution in [3.05, 3.63) is 130 Å². The Labute approximate surface area is 210 Å². The largest absolute Gasteiger partial charge is 0.389 e. The first-order valence-electron chi connectivity index (χ1n) is 12.0. The minimum atomic E-state index is -0.469. The standard InChI is InChI=1S/C32H28O2S/c1-22(33)27-12-4-7-23(20-27)19-24-8-5-13-28(21-24)31-17-18-32(35-31)30(34)16-15-26-11-6-10-25-9-2-3-14-29(25)26/h2-14,17-18,20-22,33H,15-16,19H2,1H3. The van der Waals surface area contributed by atoms with E-state index in [4.69, 9.17) is 0 Å². The van der Waals surface area contributed by atoms with Crippen molar-refractivity contribution >= 4 is 27.9 Å². The van der Waals surface area contributed by atoms with Gasteiger partial charge in [-0.3, -0.25) is 4.79 Å². The molecule has 4 aromatic carbocycles. The molecule has 0 bridgehead atoms. The number of carbonyl (C=O) groups is 1. The van der Waals surface area contributed by atoms with Gasteiger partial charge in [-0.2, -0.15) is 0 Å². The van der Waals surface area contributed by atoms with Crippen LogP contribution in [0.3, 0.4) is 0 Å². The number of aliphatic hydroxyl groups excluding tert-OH is 1. The molecule has 5 rings (SSSR count). The molecule has 0 saturated heterocycles. The maximum absolute atomic E-state index is 13.0. The van der Waals surface area contributed by atoms with Crippen molar-refractivity contribution in [2.75, 3.05) is 0 Å². The van der Waals surface area contributed by atoms with Crippen LogP contribution in [0, 0.1) is 0 Å². The Morgan fingerprint density at radius 3 is 2.43 bits per heavy atom. The Balaban J connectivity index is 1.28. The van der Waals surface area contributed by atoms with Gasteiger partial charge in [-0.25, -0.2) is 0 Å². The van der Waals surface area contributed by atoms with Gasteiger partial charge in [0.15, 0.2) is 5.78 Å². The van der Waals surface area contributed by atoms with Crippen LogP contribution in [0.4, 0.5) is 0 Å². The Hall–Kier alpha value is -3.53. The normalized spacial score (nSPS) is 12.1. The molecule has 2 nitrogen and oxygen atoms in total. The monoisotopic (exact) mass is 476 g/mol. The maximum atomic E-state index is 13.0. The first kappa shape index (κ1) is 23.2. The molecule has 1 heterocycles. The van der Waals surface area contributed by atoms with Gasteiger partial charge in [-0.15, -0.1) is 11.3 Å². The topological polar surface area (TPSA) is 37.3 Å². The fourth-order valence-electron chi connectivity index (χ4n) is 4.56. The quantitative estimate of drug-likeness (QED) is 0.230. The molecule has 1 N–H and O–H groups in total. The average Bonchev–Trinajstić information content (AvgIpc) is 3.38. The Bertz CT molecular complexity index is 1470. The van der Waals surface area contributed by atoms with Crippen molar-refractivity contribution in [3.8, 4) is 10.4 Å². The van der Waals surface area contributed by atoms with Crippen LogP contribution in [0.1, 0.15) is 51.4 Å². The highest BCUT2D eigenvalue weighted by atomic mass is 32.1.